The second-order valence-corrected chi connectivity index (χ2v) is 7.52. The smallest absolute Gasteiger partial charge is 0.240 e. The van der Waals surface area contributed by atoms with E-state index in [0.717, 1.165) is 6.42 Å². The number of carbonyl (C=O) groups is 1. The lowest BCUT2D eigenvalue weighted by molar-refractivity contribution is -0.130. The molecule has 1 amide bonds. The topological polar surface area (TPSA) is 66.5 Å². The molecule has 1 unspecified atom stereocenters. The third kappa shape index (κ3) is 5.12. The summed E-state index contributed by atoms with van der Waals surface area (Å²) in [5.74, 6) is -0.0805. The number of rotatable bonds is 7. The van der Waals surface area contributed by atoms with E-state index in [1.54, 1.807) is 4.90 Å². The van der Waals surface area contributed by atoms with E-state index >= 15 is 0 Å². The summed E-state index contributed by atoms with van der Waals surface area (Å²) < 4.78 is 26.8. The van der Waals surface area contributed by atoms with Crippen molar-refractivity contribution in [1.82, 2.24) is 9.62 Å². The number of sulfonamides is 1. The highest BCUT2D eigenvalue weighted by Crippen LogP contribution is 2.24. The Hall–Kier alpha value is -0.820. The van der Waals surface area contributed by atoms with Crippen molar-refractivity contribution in [2.24, 2.45) is 0 Å². The Labute approximate surface area is 141 Å². The minimum absolute atomic E-state index is 0.0415. The first-order chi connectivity index (χ1) is 10.2. The molecule has 0 aliphatic carbocycles. The zero-order chi connectivity index (χ0) is 16.9. The predicted molar refractivity (Wildman–Crippen MR) is 88.8 cm³/mol. The van der Waals surface area contributed by atoms with E-state index in [-0.39, 0.29) is 28.4 Å². The molecule has 0 aromatic heterocycles. The molecule has 0 aliphatic rings. The molecule has 0 fully saturated rings. The van der Waals surface area contributed by atoms with E-state index in [9.17, 15) is 13.2 Å². The molecule has 0 spiro atoms. The van der Waals surface area contributed by atoms with Gasteiger partial charge in [0.15, 0.2) is 0 Å². The van der Waals surface area contributed by atoms with Gasteiger partial charge in [-0.1, -0.05) is 30.1 Å². The fourth-order valence-electron chi connectivity index (χ4n) is 1.94. The first-order valence-corrected chi connectivity index (χ1v) is 9.15. The summed E-state index contributed by atoms with van der Waals surface area (Å²) >= 11 is 11.6. The predicted octanol–water partition coefficient (Wildman–Crippen LogP) is 2.92. The summed E-state index contributed by atoms with van der Waals surface area (Å²) in [4.78, 5) is 13.2. The van der Waals surface area contributed by atoms with Crippen LogP contribution in [-0.2, 0) is 14.8 Å². The lowest BCUT2D eigenvalue weighted by Gasteiger charge is -2.27. The van der Waals surface area contributed by atoms with Crippen LogP contribution in [0.2, 0.25) is 10.0 Å². The molecule has 1 aromatic rings. The highest BCUT2D eigenvalue weighted by molar-refractivity contribution is 7.89. The van der Waals surface area contributed by atoms with E-state index in [1.807, 2.05) is 13.8 Å². The van der Waals surface area contributed by atoms with E-state index in [4.69, 9.17) is 23.2 Å². The minimum Gasteiger partial charge on any atom is -0.339 e. The van der Waals surface area contributed by atoms with Gasteiger partial charge in [-0.15, -0.1) is 0 Å². The molecule has 8 heteroatoms. The summed E-state index contributed by atoms with van der Waals surface area (Å²) in [6, 6.07) is 4.17. The molecule has 1 atom stereocenters. The van der Waals surface area contributed by atoms with Gasteiger partial charge in [0.1, 0.15) is 0 Å². The van der Waals surface area contributed by atoms with Crippen molar-refractivity contribution < 1.29 is 13.2 Å². The van der Waals surface area contributed by atoms with Crippen molar-refractivity contribution in [2.45, 2.75) is 38.1 Å². The van der Waals surface area contributed by atoms with Crippen molar-refractivity contribution >= 4 is 39.1 Å². The molecule has 1 rings (SSSR count). The van der Waals surface area contributed by atoms with E-state index < -0.39 is 10.0 Å². The van der Waals surface area contributed by atoms with Gasteiger partial charge in [-0.3, -0.25) is 4.79 Å². The number of amides is 1. The molecule has 0 saturated carbocycles. The first kappa shape index (κ1) is 19.2. The van der Waals surface area contributed by atoms with E-state index in [2.05, 4.69) is 4.72 Å². The molecule has 0 aliphatic heterocycles. The van der Waals surface area contributed by atoms with Crippen LogP contribution in [0.1, 0.15) is 27.2 Å². The van der Waals surface area contributed by atoms with Crippen LogP contribution in [0.3, 0.4) is 0 Å². The molecule has 124 valence electrons. The van der Waals surface area contributed by atoms with Crippen molar-refractivity contribution in [3.8, 4) is 0 Å². The number of hydrogen-bond donors (Lipinski definition) is 1. The minimum atomic E-state index is -3.68. The number of benzene rings is 1. The second kappa shape index (κ2) is 8.15. The maximum atomic E-state index is 12.2. The Balaban J connectivity index is 2.73. The van der Waals surface area contributed by atoms with E-state index in [1.165, 1.54) is 25.1 Å². The van der Waals surface area contributed by atoms with Gasteiger partial charge in [0.2, 0.25) is 15.9 Å². The Bertz CT molecular complexity index is 635. The molecule has 0 bridgehead atoms. The fraction of sp³-hybridized carbons (Fsp3) is 0.500. The normalized spacial score (nSPS) is 13.0. The van der Waals surface area contributed by atoms with Crippen molar-refractivity contribution in [2.75, 3.05) is 13.1 Å². The van der Waals surface area contributed by atoms with Gasteiger partial charge in [-0.25, -0.2) is 13.1 Å². The Kier molecular flexibility index (Phi) is 7.12. The molecule has 0 saturated heterocycles. The summed E-state index contributed by atoms with van der Waals surface area (Å²) in [6.07, 6.45) is 0.805. The van der Waals surface area contributed by atoms with Crippen LogP contribution in [-0.4, -0.2) is 38.4 Å². The lowest BCUT2D eigenvalue weighted by atomic mass is 10.2. The second-order valence-electron chi connectivity index (χ2n) is 4.94. The number of nitrogens with one attached hydrogen (secondary N) is 1. The third-order valence-corrected chi connectivity index (χ3v) is 5.57. The lowest BCUT2D eigenvalue weighted by Crippen LogP contribution is -2.42. The summed E-state index contributed by atoms with van der Waals surface area (Å²) in [7, 11) is -3.68. The van der Waals surface area contributed by atoms with Crippen LogP contribution >= 0.6 is 23.2 Å². The average molecular weight is 367 g/mol. The Morgan fingerprint density at radius 1 is 1.32 bits per heavy atom. The standard InChI is InChI=1S/C14H20Cl2N2O3S/c1-4-10(2)18(11(3)19)8-7-17-22(20,21)12-5-6-13(15)14(16)9-12/h5-6,9-10,17H,4,7-8H2,1-3H3. The molecule has 0 heterocycles. The van der Waals surface area contributed by atoms with Crippen LogP contribution in [0, 0.1) is 0 Å². The number of carbonyl (C=O) groups excluding carboxylic acids is 1. The van der Waals surface area contributed by atoms with Gasteiger partial charge in [-0.05, 0) is 31.5 Å². The van der Waals surface area contributed by atoms with Crippen LogP contribution < -0.4 is 4.72 Å². The summed E-state index contributed by atoms with van der Waals surface area (Å²) in [5.41, 5.74) is 0. The Morgan fingerprint density at radius 3 is 2.45 bits per heavy atom. The number of halogens is 2. The van der Waals surface area contributed by atoms with Crippen molar-refractivity contribution in [3.63, 3.8) is 0 Å². The zero-order valence-electron chi connectivity index (χ0n) is 12.8. The summed E-state index contributed by atoms with van der Waals surface area (Å²) in [6.45, 7) is 5.81. The molecular weight excluding hydrogens is 347 g/mol. The van der Waals surface area contributed by atoms with Gasteiger partial charge >= 0.3 is 0 Å². The molecule has 1 N–H and O–H groups in total. The van der Waals surface area contributed by atoms with Crippen LogP contribution in [0.4, 0.5) is 0 Å². The van der Waals surface area contributed by atoms with E-state index in [0.29, 0.717) is 11.6 Å². The average Bonchev–Trinajstić information content (AvgIpc) is 2.45. The van der Waals surface area contributed by atoms with Crippen LogP contribution in [0.25, 0.3) is 0 Å². The third-order valence-electron chi connectivity index (χ3n) is 3.37. The largest absolute Gasteiger partial charge is 0.339 e. The van der Waals surface area contributed by atoms with Crippen LogP contribution in [0.5, 0.6) is 0 Å². The molecular formula is C14H20Cl2N2O3S. The quantitative estimate of drug-likeness (QED) is 0.806. The maximum Gasteiger partial charge on any atom is 0.240 e. The molecule has 22 heavy (non-hydrogen) atoms. The fourth-order valence-corrected chi connectivity index (χ4v) is 3.35. The van der Waals surface area contributed by atoms with Gasteiger partial charge < -0.3 is 4.90 Å². The highest BCUT2D eigenvalue weighted by atomic mass is 35.5. The first-order valence-electron chi connectivity index (χ1n) is 6.91. The Morgan fingerprint density at radius 2 is 1.95 bits per heavy atom. The maximum absolute atomic E-state index is 12.2. The van der Waals surface area contributed by atoms with Crippen LogP contribution in [0.15, 0.2) is 23.1 Å². The monoisotopic (exact) mass is 366 g/mol. The molecule has 5 nitrogen and oxygen atoms in total. The van der Waals surface area contributed by atoms with Gasteiger partial charge in [0, 0.05) is 26.1 Å². The van der Waals surface area contributed by atoms with Gasteiger partial charge in [0.05, 0.1) is 14.9 Å². The summed E-state index contributed by atoms with van der Waals surface area (Å²) in [5, 5.41) is 0.467. The SMILES string of the molecule is CCC(C)N(CCNS(=O)(=O)c1ccc(Cl)c(Cl)c1)C(C)=O. The van der Waals surface area contributed by atoms with Crippen molar-refractivity contribution in [3.05, 3.63) is 28.2 Å². The van der Waals surface area contributed by atoms with Gasteiger partial charge in [0.25, 0.3) is 0 Å². The molecule has 0 radical (unpaired) electrons. The number of hydrogen-bond acceptors (Lipinski definition) is 3. The number of nitrogens with zero attached hydrogens (tertiary/aromatic N) is 1. The zero-order valence-corrected chi connectivity index (χ0v) is 15.1. The van der Waals surface area contributed by atoms with Crippen molar-refractivity contribution in [1.29, 1.82) is 0 Å². The highest BCUT2D eigenvalue weighted by Gasteiger charge is 2.18. The van der Waals surface area contributed by atoms with Gasteiger partial charge in [-0.2, -0.15) is 0 Å². The molecule has 1 aromatic carbocycles.